The molecule has 2 atom stereocenters. The third-order valence-corrected chi connectivity index (χ3v) is 5.93. The van der Waals surface area contributed by atoms with E-state index < -0.39 is 0 Å². The number of carbonyl (C=O) groups is 2. The molecule has 6 nitrogen and oxygen atoms in total. The predicted molar refractivity (Wildman–Crippen MR) is 94.1 cm³/mol. The van der Waals surface area contributed by atoms with Crippen molar-refractivity contribution in [3.8, 4) is 0 Å². The van der Waals surface area contributed by atoms with Crippen LogP contribution in [0.3, 0.4) is 0 Å². The first-order valence-electron chi connectivity index (χ1n) is 8.98. The molecule has 0 aromatic carbocycles. The summed E-state index contributed by atoms with van der Waals surface area (Å²) in [6.45, 7) is 5.02. The maximum Gasteiger partial charge on any atom is 0.253 e. The number of pyridine rings is 1. The number of nitrogens with zero attached hydrogens (tertiary/aromatic N) is 2. The molecule has 2 amide bonds. The van der Waals surface area contributed by atoms with Crippen molar-refractivity contribution in [3.63, 3.8) is 0 Å². The highest BCUT2D eigenvalue weighted by Gasteiger charge is 2.48. The van der Waals surface area contributed by atoms with Crippen molar-refractivity contribution < 1.29 is 9.59 Å². The first-order chi connectivity index (χ1) is 12.0. The summed E-state index contributed by atoms with van der Waals surface area (Å²) in [6.07, 6.45) is 6.47. The SMILES string of the molecule is CC1(C)C(CNC(=O)C2CC2)CC1NC(=O)c1cccn2nccc12. The van der Waals surface area contributed by atoms with Crippen LogP contribution in [0.2, 0.25) is 0 Å². The van der Waals surface area contributed by atoms with Gasteiger partial charge < -0.3 is 10.6 Å². The minimum Gasteiger partial charge on any atom is -0.356 e. The van der Waals surface area contributed by atoms with Crippen LogP contribution in [0.25, 0.3) is 5.52 Å². The molecule has 0 bridgehead atoms. The summed E-state index contributed by atoms with van der Waals surface area (Å²) in [5, 5.41) is 10.4. The van der Waals surface area contributed by atoms with Crippen molar-refractivity contribution >= 4 is 17.3 Å². The standard InChI is InChI=1S/C19H24N4O2/c1-19(2)13(11-20-17(24)12-5-6-12)10-16(19)22-18(25)14-4-3-9-23-15(14)7-8-21-23/h3-4,7-9,12-13,16H,5-6,10-11H2,1-2H3,(H,20,24)(H,22,25). The van der Waals surface area contributed by atoms with Crippen molar-refractivity contribution in [2.75, 3.05) is 6.54 Å². The molecule has 2 heterocycles. The molecule has 2 unspecified atom stereocenters. The fourth-order valence-electron chi connectivity index (χ4n) is 3.70. The number of rotatable bonds is 5. The fourth-order valence-corrected chi connectivity index (χ4v) is 3.70. The zero-order valence-corrected chi connectivity index (χ0v) is 14.7. The summed E-state index contributed by atoms with van der Waals surface area (Å²) in [6, 6.07) is 5.62. The summed E-state index contributed by atoms with van der Waals surface area (Å²) in [5.41, 5.74) is 1.42. The molecule has 4 rings (SSSR count). The molecule has 2 fully saturated rings. The molecule has 2 aliphatic rings. The Morgan fingerprint density at radius 3 is 2.84 bits per heavy atom. The maximum atomic E-state index is 12.7. The van der Waals surface area contributed by atoms with Gasteiger partial charge in [0.15, 0.2) is 0 Å². The predicted octanol–water partition coefficient (Wildman–Crippen LogP) is 2.00. The second kappa shape index (κ2) is 5.86. The van der Waals surface area contributed by atoms with Crippen LogP contribution >= 0.6 is 0 Å². The lowest BCUT2D eigenvalue weighted by molar-refractivity contribution is -0.123. The Kier molecular flexibility index (Phi) is 3.78. The van der Waals surface area contributed by atoms with Crippen LogP contribution in [-0.2, 0) is 4.79 Å². The molecule has 0 aliphatic heterocycles. The number of fused-ring (bicyclic) bond motifs is 1. The molecule has 0 spiro atoms. The second-order valence-corrected chi connectivity index (χ2v) is 7.88. The Bertz CT molecular complexity index is 822. The number of carbonyl (C=O) groups excluding carboxylic acids is 2. The van der Waals surface area contributed by atoms with E-state index in [0.29, 0.717) is 18.0 Å². The number of nitrogens with one attached hydrogen (secondary N) is 2. The van der Waals surface area contributed by atoms with Crippen LogP contribution in [0.1, 0.15) is 43.5 Å². The second-order valence-electron chi connectivity index (χ2n) is 7.88. The highest BCUT2D eigenvalue weighted by molar-refractivity contribution is 6.00. The molecule has 2 aliphatic carbocycles. The van der Waals surface area contributed by atoms with E-state index in [2.05, 4.69) is 29.6 Å². The van der Waals surface area contributed by atoms with Crippen molar-refractivity contribution in [1.82, 2.24) is 20.2 Å². The number of hydrogen-bond donors (Lipinski definition) is 2. The van der Waals surface area contributed by atoms with Gasteiger partial charge in [0.25, 0.3) is 5.91 Å². The van der Waals surface area contributed by atoms with Gasteiger partial charge in [-0.3, -0.25) is 9.59 Å². The van der Waals surface area contributed by atoms with Gasteiger partial charge in [-0.1, -0.05) is 13.8 Å². The lowest BCUT2D eigenvalue weighted by Gasteiger charge is -2.52. The minimum absolute atomic E-state index is 0.0300. The first-order valence-corrected chi connectivity index (χ1v) is 8.98. The molecule has 2 saturated carbocycles. The van der Waals surface area contributed by atoms with Gasteiger partial charge in [0.2, 0.25) is 5.91 Å². The van der Waals surface area contributed by atoms with Crippen molar-refractivity contribution in [3.05, 3.63) is 36.2 Å². The summed E-state index contributed by atoms with van der Waals surface area (Å²) >= 11 is 0. The fraction of sp³-hybridized carbons (Fsp3) is 0.526. The van der Waals surface area contributed by atoms with E-state index in [9.17, 15) is 9.59 Å². The Balaban J connectivity index is 1.37. The molecule has 25 heavy (non-hydrogen) atoms. The highest BCUT2D eigenvalue weighted by Crippen LogP contribution is 2.46. The van der Waals surface area contributed by atoms with E-state index in [1.54, 1.807) is 10.7 Å². The van der Waals surface area contributed by atoms with Gasteiger partial charge in [-0.05, 0) is 48.8 Å². The zero-order chi connectivity index (χ0) is 17.6. The lowest BCUT2D eigenvalue weighted by atomic mass is 9.58. The number of aromatic nitrogens is 2. The third kappa shape index (κ3) is 2.90. The van der Waals surface area contributed by atoms with Crippen LogP contribution in [-0.4, -0.2) is 34.0 Å². The van der Waals surface area contributed by atoms with Crippen LogP contribution in [0.5, 0.6) is 0 Å². The maximum absolute atomic E-state index is 12.7. The molecule has 2 aromatic rings. The van der Waals surface area contributed by atoms with Crippen LogP contribution < -0.4 is 10.6 Å². The lowest BCUT2D eigenvalue weighted by Crippen LogP contribution is -2.60. The smallest absolute Gasteiger partial charge is 0.253 e. The summed E-state index contributed by atoms with van der Waals surface area (Å²) in [4.78, 5) is 24.5. The van der Waals surface area contributed by atoms with E-state index >= 15 is 0 Å². The summed E-state index contributed by atoms with van der Waals surface area (Å²) in [7, 11) is 0. The van der Waals surface area contributed by atoms with Crippen LogP contribution in [0.4, 0.5) is 0 Å². The van der Waals surface area contributed by atoms with Gasteiger partial charge in [0, 0.05) is 24.7 Å². The van der Waals surface area contributed by atoms with Crippen molar-refractivity contribution in [1.29, 1.82) is 0 Å². The Morgan fingerprint density at radius 1 is 1.32 bits per heavy atom. The molecule has 6 heteroatoms. The van der Waals surface area contributed by atoms with Gasteiger partial charge in [-0.2, -0.15) is 5.10 Å². The van der Waals surface area contributed by atoms with Gasteiger partial charge >= 0.3 is 0 Å². The van der Waals surface area contributed by atoms with Gasteiger partial charge in [0.05, 0.1) is 17.3 Å². The largest absolute Gasteiger partial charge is 0.356 e. The molecule has 0 radical (unpaired) electrons. The zero-order valence-electron chi connectivity index (χ0n) is 14.7. The van der Waals surface area contributed by atoms with Gasteiger partial charge in [-0.25, -0.2) is 4.52 Å². The van der Waals surface area contributed by atoms with Crippen molar-refractivity contribution in [2.45, 2.75) is 39.2 Å². The van der Waals surface area contributed by atoms with E-state index in [1.807, 2.05) is 24.4 Å². The van der Waals surface area contributed by atoms with Gasteiger partial charge in [0.1, 0.15) is 0 Å². The molecule has 2 aromatic heterocycles. The van der Waals surface area contributed by atoms with Crippen molar-refractivity contribution in [2.24, 2.45) is 17.3 Å². The number of hydrogen-bond acceptors (Lipinski definition) is 3. The molecule has 2 N–H and O–H groups in total. The quantitative estimate of drug-likeness (QED) is 0.874. The van der Waals surface area contributed by atoms with Crippen LogP contribution in [0.15, 0.2) is 30.6 Å². The molecular weight excluding hydrogens is 316 g/mol. The Hall–Kier alpha value is -2.37. The summed E-state index contributed by atoms with van der Waals surface area (Å²) in [5.74, 6) is 0.765. The average Bonchev–Trinajstić information content (AvgIpc) is 3.33. The molecule has 132 valence electrons. The first kappa shape index (κ1) is 16.1. The van der Waals surface area contributed by atoms with E-state index in [0.717, 1.165) is 24.8 Å². The van der Waals surface area contributed by atoms with Gasteiger partial charge in [-0.15, -0.1) is 0 Å². The summed E-state index contributed by atoms with van der Waals surface area (Å²) < 4.78 is 1.71. The molecule has 0 saturated heterocycles. The minimum atomic E-state index is -0.0651. The third-order valence-electron chi connectivity index (χ3n) is 5.93. The highest BCUT2D eigenvalue weighted by atomic mass is 16.2. The molecular formula is C19H24N4O2. The van der Waals surface area contributed by atoms with E-state index in [-0.39, 0.29) is 29.2 Å². The van der Waals surface area contributed by atoms with E-state index in [4.69, 9.17) is 0 Å². The average molecular weight is 340 g/mol. The normalized spacial score (nSPS) is 24.6. The Labute approximate surface area is 147 Å². The monoisotopic (exact) mass is 340 g/mol. The van der Waals surface area contributed by atoms with E-state index in [1.165, 1.54) is 0 Å². The topological polar surface area (TPSA) is 75.5 Å². The number of amides is 2. The Morgan fingerprint density at radius 2 is 2.12 bits per heavy atom. The van der Waals surface area contributed by atoms with Crippen LogP contribution in [0, 0.1) is 17.3 Å².